The predicted molar refractivity (Wildman–Crippen MR) is 216 cm³/mol. The lowest BCUT2D eigenvalue weighted by Crippen LogP contribution is -2.12. The first-order valence-corrected chi connectivity index (χ1v) is 17.8. The van der Waals surface area contributed by atoms with Crippen molar-refractivity contribution in [3.63, 3.8) is 0 Å². The molecule has 0 amide bonds. The van der Waals surface area contributed by atoms with E-state index in [4.69, 9.17) is 15.0 Å². The summed E-state index contributed by atoms with van der Waals surface area (Å²) in [5.74, 6) is 1.45. The van der Waals surface area contributed by atoms with Crippen LogP contribution in [0.3, 0.4) is 0 Å². The van der Waals surface area contributed by atoms with Crippen molar-refractivity contribution < 1.29 is 0 Å². The molecule has 3 aromatic heterocycles. The van der Waals surface area contributed by atoms with Crippen LogP contribution >= 0.6 is 0 Å². The summed E-state index contributed by atoms with van der Waals surface area (Å²) in [4.78, 5) is 16.0. The summed E-state index contributed by atoms with van der Waals surface area (Å²) in [5.41, 5.74) is 10.3. The molecule has 52 heavy (non-hydrogen) atoms. The fourth-order valence-electron chi connectivity index (χ4n) is 7.67. The molecule has 0 aliphatic carbocycles. The summed E-state index contributed by atoms with van der Waals surface area (Å²) in [5, 5.41) is 4.84. The summed E-state index contributed by atoms with van der Waals surface area (Å²) in [6.45, 7) is 0. The third-order valence-electron chi connectivity index (χ3n) is 10.0. The number of benzene rings is 6. The molecule has 5 nitrogen and oxygen atoms in total. The van der Waals surface area contributed by atoms with Gasteiger partial charge in [0.05, 0.1) is 39.2 Å². The second-order valence-corrected chi connectivity index (χ2v) is 13.2. The number of aliphatic imine (C=N–C) groups is 1. The predicted octanol–water partition coefficient (Wildman–Crippen LogP) is 11.6. The first-order chi connectivity index (χ1) is 25.8. The van der Waals surface area contributed by atoms with Gasteiger partial charge in [0.15, 0.2) is 5.82 Å². The molecule has 0 radical (unpaired) electrons. The third kappa shape index (κ3) is 5.05. The molecule has 1 aliphatic heterocycles. The molecule has 6 aromatic carbocycles. The van der Waals surface area contributed by atoms with Crippen molar-refractivity contribution in [1.29, 1.82) is 0 Å². The van der Waals surface area contributed by atoms with Crippen LogP contribution in [0.25, 0.3) is 77.6 Å². The van der Waals surface area contributed by atoms with Crippen LogP contribution in [0.15, 0.2) is 181 Å². The minimum atomic E-state index is 0.639. The van der Waals surface area contributed by atoms with Crippen LogP contribution in [0, 0.1) is 0 Å². The lowest BCUT2D eigenvalue weighted by atomic mass is 10.1. The fraction of sp³-hybridized carbons (Fsp3) is 0.0426. The van der Waals surface area contributed by atoms with Gasteiger partial charge in [-0.2, -0.15) is 0 Å². The lowest BCUT2D eigenvalue weighted by molar-refractivity contribution is 1.02. The second kappa shape index (κ2) is 12.5. The van der Waals surface area contributed by atoms with Gasteiger partial charge in [0.2, 0.25) is 0 Å². The van der Waals surface area contributed by atoms with Gasteiger partial charge in [0.1, 0.15) is 5.82 Å². The van der Waals surface area contributed by atoms with Crippen molar-refractivity contribution in [2.45, 2.75) is 12.8 Å². The molecule has 1 aliphatic rings. The number of aromatic nitrogens is 4. The monoisotopic (exact) mass is 667 g/mol. The summed E-state index contributed by atoms with van der Waals surface area (Å²) in [7, 11) is 0. The highest BCUT2D eigenvalue weighted by Gasteiger charge is 2.21. The lowest BCUT2D eigenvalue weighted by Gasteiger charge is -2.17. The molecule has 4 heterocycles. The van der Waals surface area contributed by atoms with Crippen molar-refractivity contribution in [1.82, 2.24) is 19.1 Å². The Hall–Kier alpha value is -6.85. The topological polar surface area (TPSA) is 48.0 Å². The number of hydrogen-bond donors (Lipinski definition) is 0. The highest BCUT2D eigenvalue weighted by atomic mass is 15.1. The van der Waals surface area contributed by atoms with Crippen LogP contribution in [0.5, 0.6) is 0 Å². The molecular weight excluding hydrogens is 635 g/mol. The van der Waals surface area contributed by atoms with Crippen LogP contribution in [0.1, 0.15) is 18.7 Å². The average Bonchev–Trinajstić information content (AvgIpc) is 3.72. The maximum Gasteiger partial charge on any atom is 0.175 e. The first kappa shape index (κ1) is 30.0. The van der Waals surface area contributed by atoms with Crippen LogP contribution in [0.2, 0.25) is 0 Å². The van der Waals surface area contributed by atoms with Gasteiger partial charge in [-0.1, -0.05) is 140 Å². The summed E-state index contributed by atoms with van der Waals surface area (Å²) in [6.07, 6.45) is 6.03. The van der Waals surface area contributed by atoms with Gasteiger partial charge < -0.3 is 4.57 Å². The number of nitrogens with zero attached hydrogens (tertiary/aromatic N) is 5. The van der Waals surface area contributed by atoms with Gasteiger partial charge in [-0.25, -0.2) is 15.0 Å². The molecule has 0 bridgehead atoms. The largest absolute Gasteiger partial charge is 0.309 e. The molecule has 9 aromatic rings. The Morgan fingerprint density at radius 3 is 1.35 bits per heavy atom. The van der Waals surface area contributed by atoms with Crippen LogP contribution < -0.4 is 0 Å². The van der Waals surface area contributed by atoms with Crippen molar-refractivity contribution in [2.24, 2.45) is 4.99 Å². The minimum Gasteiger partial charge on any atom is -0.309 e. The summed E-state index contributed by atoms with van der Waals surface area (Å²) < 4.78 is 4.69. The highest BCUT2D eigenvalue weighted by Crippen LogP contribution is 2.37. The third-order valence-corrected chi connectivity index (χ3v) is 10.0. The van der Waals surface area contributed by atoms with Crippen molar-refractivity contribution in [2.75, 3.05) is 0 Å². The molecule has 0 unspecified atom stereocenters. The molecule has 0 saturated heterocycles. The van der Waals surface area contributed by atoms with E-state index in [2.05, 4.69) is 173 Å². The second-order valence-electron chi connectivity index (χ2n) is 13.2. The number of rotatable bonds is 5. The van der Waals surface area contributed by atoms with E-state index in [1.807, 2.05) is 12.1 Å². The molecule has 0 N–H and O–H groups in total. The SMILES string of the molecule is C1=C(n2c3ccccc3c3ccccc32)/C=C(/n2c3ccccc3c3ccccc32)N=C(c2nc(-c3ccccc3)cc(-c3ccccc3)n2)CC1. The zero-order valence-corrected chi connectivity index (χ0v) is 28.4. The normalized spacial score (nSPS) is 14.6. The first-order valence-electron chi connectivity index (χ1n) is 17.8. The Labute approximate surface area is 301 Å². The smallest absolute Gasteiger partial charge is 0.175 e. The van der Waals surface area contributed by atoms with Crippen LogP contribution in [-0.4, -0.2) is 24.8 Å². The molecule has 5 heteroatoms. The summed E-state index contributed by atoms with van der Waals surface area (Å²) in [6, 6.07) is 57.3. The molecule has 0 fully saturated rings. The number of fused-ring (bicyclic) bond motifs is 6. The number of allylic oxidation sites excluding steroid dienone is 3. The maximum atomic E-state index is 5.60. The average molecular weight is 668 g/mol. The number of para-hydroxylation sites is 4. The van der Waals surface area contributed by atoms with Gasteiger partial charge in [-0.15, -0.1) is 0 Å². The van der Waals surface area contributed by atoms with E-state index in [0.29, 0.717) is 12.2 Å². The minimum absolute atomic E-state index is 0.639. The standard InChI is InChI=1S/C47H33N5/c1-3-16-32(17-4-1)40-31-41(33-18-5-2-6-19-33)50-47(49-40)39-25-15-20-34(51-42-26-11-7-21-35(42)36-22-8-12-27-43(36)51)30-46(48-39)52-44-28-13-9-23-37(44)38-24-10-14-29-45(38)52/h1-14,16-24,26-31H,15,25H2/b34-20?,46-30+,48-39?. The fourth-order valence-corrected chi connectivity index (χ4v) is 7.67. The zero-order chi connectivity index (χ0) is 34.4. The van der Waals surface area contributed by atoms with E-state index in [-0.39, 0.29) is 0 Å². The highest BCUT2D eigenvalue weighted by molar-refractivity contribution is 6.13. The maximum absolute atomic E-state index is 5.60. The van der Waals surface area contributed by atoms with Gasteiger partial charge in [0, 0.05) is 44.4 Å². The van der Waals surface area contributed by atoms with Crippen LogP contribution in [-0.2, 0) is 0 Å². The summed E-state index contributed by atoms with van der Waals surface area (Å²) >= 11 is 0. The van der Waals surface area contributed by atoms with Crippen LogP contribution in [0.4, 0.5) is 0 Å². The van der Waals surface area contributed by atoms with E-state index >= 15 is 0 Å². The van der Waals surface area contributed by atoms with Crippen molar-refractivity contribution in [3.8, 4) is 22.5 Å². The molecule has 10 rings (SSSR count). The Kier molecular flexibility index (Phi) is 7.21. The zero-order valence-electron chi connectivity index (χ0n) is 28.4. The quantitative estimate of drug-likeness (QED) is 0.183. The molecule has 0 spiro atoms. The van der Waals surface area contributed by atoms with E-state index in [1.165, 1.54) is 32.6 Å². The van der Waals surface area contributed by atoms with E-state index in [1.54, 1.807) is 0 Å². The van der Waals surface area contributed by atoms with E-state index < -0.39 is 0 Å². The molecule has 0 atom stereocenters. The van der Waals surface area contributed by atoms with Gasteiger partial charge >= 0.3 is 0 Å². The Morgan fingerprint density at radius 1 is 0.442 bits per heavy atom. The molecule has 246 valence electrons. The Morgan fingerprint density at radius 2 is 0.865 bits per heavy atom. The van der Waals surface area contributed by atoms with Gasteiger partial charge in [0.25, 0.3) is 0 Å². The Balaban J connectivity index is 1.25. The van der Waals surface area contributed by atoms with Gasteiger partial charge in [-0.05, 0) is 43.2 Å². The number of hydrogen-bond acceptors (Lipinski definition) is 3. The molecule has 0 saturated carbocycles. The molecular formula is C47H33N5. The van der Waals surface area contributed by atoms with Gasteiger partial charge in [-0.3, -0.25) is 4.57 Å². The van der Waals surface area contributed by atoms with Crippen molar-refractivity contribution in [3.05, 3.63) is 182 Å². The Bertz CT molecular complexity index is 2730. The van der Waals surface area contributed by atoms with E-state index in [0.717, 1.165) is 57.2 Å². The van der Waals surface area contributed by atoms with Crippen molar-refractivity contribution >= 4 is 60.8 Å². The van der Waals surface area contributed by atoms with E-state index in [9.17, 15) is 0 Å².